The smallest absolute Gasteiger partial charge is 0.293 e. The van der Waals surface area contributed by atoms with Gasteiger partial charge in [-0.15, -0.1) is 0 Å². The molecular formula is C15H11F2N3O4. The Kier molecular flexibility index (Phi) is 4.50. The molecule has 0 fully saturated rings. The van der Waals surface area contributed by atoms with Crippen molar-refractivity contribution in [2.75, 3.05) is 6.61 Å². The highest BCUT2D eigenvalue weighted by atomic mass is 19.1. The van der Waals surface area contributed by atoms with E-state index in [1.165, 1.54) is 6.26 Å². The van der Waals surface area contributed by atoms with Gasteiger partial charge in [-0.25, -0.2) is 8.78 Å². The lowest BCUT2D eigenvalue weighted by atomic mass is 10.3. The van der Waals surface area contributed by atoms with E-state index >= 15 is 0 Å². The van der Waals surface area contributed by atoms with E-state index in [2.05, 4.69) is 15.5 Å². The fourth-order valence-corrected chi connectivity index (χ4v) is 1.79. The molecule has 2 aromatic heterocycles. The SMILES string of the molecule is O=C(COc1ccc(F)cc1F)NCc1noc(-c2ccco2)n1. The predicted molar refractivity (Wildman–Crippen MR) is 75.7 cm³/mol. The first kappa shape index (κ1) is 15.7. The van der Waals surface area contributed by atoms with Gasteiger partial charge in [-0.3, -0.25) is 4.79 Å². The second-order valence-electron chi connectivity index (χ2n) is 4.63. The summed E-state index contributed by atoms with van der Waals surface area (Å²) in [6.07, 6.45) is 1.47. The molecule has 3 rings (SSSR count). The van der Waals surface area contributed by atoms with E-state index in [0.717, 1.165) is 12.1 Å². The third-order valence-corrected chi connectivity index (χ3v) is 2.90. The van der Waals surface area contributed by atoms with E-state index in [-0.39, 0.29) is 24.0 Å². The van der Waals surface area contributed by atoms with Crippen LogP contribution in [0, 0.1) is 11.6 Å². The highest BCUT2D eigenvalue weighted by molar-refractivity contribution is 5.77. The summed E-state index contributed by atoms with van der Waals surface area (Å²) in [5.41, 5.74) is 0. The third kappa shape index (κ3) is 3.75. The number of hydrogen-bond acceptors (Lipinski definition) is 6. The molecule has 0 atom stereocenters. The van der Waals surface area contributed by atoms with Crippen molar-refractivity contribution in [3.05, 3.63) is 54.1 Å². The van der Waals surface area contributed by atoms with Crippen LogP contribution in [-0.4, -0.2) is 22.7 Å². The number of ether oxygens (including phenoxy) is 1. The Balaban J connectivity index is 1.49. The lowest BCUT2D eigenvalue weighted by Crippen LogP contribution is -2.29. The van der Waals surface area contributed by atoms with E-state index in [0.29, 0.717) is 11.8 Å². The summed E-state index contributed by atoms with van der Waals surface area (Å²) in [5, 5.41) is 6.17. The summed E-state index contributed by atoms with van der Waals surface area (Å²) in [7, 11) is 0. The standard InChI is InChI=1S/C15H11F2N3O4/c16-9-3-4-11(10(17)6-9)23-8-14(21)18-7-13-19-15(24-20-13)12-2-1-5-22-12/h1-6H,7-8H2,(H,18,21). The van der Waals surface area contributed by atoms with Gasteiger partial charge >= 0.3 is 0 Å². The van der Waals surface area contributed by atoms with Crippen LogP contribution in [0.5, 0.6) is 5.75 Å². The summed E-state index contributed by atoms with van der Waals surface area (Å²) >= 11 is 0. The maximum absolute atomic E-state index is 13.4. The molecule has 0 aliphatic heterocycles. The quantitative estimate of drug-likeness (QED) is 0.743. The van der Waals surface area contributed by atoms with Gasteiger partial charge in [-0.05, 0) is 24.3 Å². The number of aromatic nitrogens is 2. The fourth-order valence-electron chi connectivity index (χ4n) is 1.79. The molecule has 0 saturated heterocycles. The Morgan fingerprint density at radius 1 is 1.29 bits per heavy atom. The Morgan fingerprint density at radius 3 is 2.92 bits per heavy atom. The summed E-state index contributed by atoms with van der Waals surface area (Å²) in [5.74, 6) is -1.51. The van der Waals surface area contributed by atoms with Gasteiger partial charge in [0.25, 0.3) is 11.8 Å². The van der Waals surface area contributed by atoms with E-state index in [9.17, 15) is 13.6 Å². The lowest BCUT2D eigenvalue weighted by molar-refractivity contribution is -0.123. The average Bonchev–Trinajstić information content (AvgIpc) is 3.23. The molecule has 1 N–H and O–H groups in total. The van der Waals surface area contributed by atoms with Gasteiger partial charge < -0.3 is 19.0 Å². The molecule has 0 aliphatic carbocycles. The van der Waals surface area contributed by atoms with Crippen LogP contribution in [0.25, 0.3) is 11.7 Å². The molecule has 0 bridgehead atoms. The summed E-state index contributed by atoms with van der Waals surface area (Å²) in [6.45, 7) is -0.441. The van der Waals surface area contributed by atoms with Crippen molar-refractivity contribution in [1.82, 2.24) is 15.5 Å². The number of halogens is 2. The molecule has 3 aromatic rings. The van der Waals surface area contributed by atoms with E-state index in [1.54, 1.807) is 12.1 Å². The molecule has 0 aliphatic rings. The second kappa shape index (κ2) is 6.90. The number of nitrogens with zero attached hydrogens (tertiary/aromatic N) is 2. The molecule has 7 nitrogen and oxygen atoms in total. The number of amides is 1. The molecule has 0 saturated carbocycles. The molecule has 0 spiro atoms. The minimum Gasteiger partial charge on any atom is -0.481 e. The molecule has 2 heterocycles. The summed E-state index contributed by atoms with van der Waals surface area (Å²) in [6, 6.07) is 6.13. The van der Waals surface area contributed by atoms with Gasteiger partial charge in [0.2, 0.25) is 0 Å². The minimum atomic E-state index is -0.885. The molecule has 0 unspecified atom stereocenters. The van der Waals surface area contributed by atoms with Crippen LogP contribution in [0.3, 0.4) is 0 Å². The number of carbonyl (C=O) groups is 1. The van der Waals surface area contributed by atoms with Crippen molar-refractivity contribution < 1.29 is 27.3 Å². The van der Waals surface area contributed by atoms with Crippen molar-refractivity contribution in [2.45, 2.75) is 6.54 Å². The second-order valence-corrected chi connectivity index (χ2v) is 4.63. The van der Waals surface area contributed by atoms with Crippen LogP contribution in [0.1, 0.15) is 5.82 Å². The first-order chi connectivity index (χ1) is 11.6. The molecule has 124 valence electrons. The van der Waals surface area contributed by atoms with Gasteiger partial charge in [0, 0.05) is 6.07 Å². The molecule has 24 heavy (non-hydrogen) atoms. The normalized spacial score (nSPS) is 10.6. The van der Waals surface area contributed by atoms with Crippen LogP contribution in [-0.2, 0) is 11.3 Å². The zero-order valence-corrected chi connectivity index (χ0v) is 12.2. The topological polar surface area (TPSA) is 90.4 Å². The fraction of sp³-hybridized carbons (Fsp3) is 0.133. The van der Waals surface area contributed by atoms with Gasteiger partial charge in [0.05, 0.1) is 12.8 Å². The maximum Gasteiger partial charge on any atom is 0.293 e. The van der Waals surface area contributed by atoms with E-state index in [4.69, 9.17) is 13.7 Å². The van der Waals surface area contributed by atoms with Crippen LogP contribution in [0.4, 0.5) is 8.78 Å². The Morgan fingerprint density at radius 2 is 2.17 bits per heavy atom. The van der Waals surface area contributed by atoms with Crippen molar-refractivity contribution >= 4 is 5.91 Å². The summed E-state index contributed by atoms with van der Waals surface area (Å²) in [4.78, 5) is 15.7. The van der Waals surface area contributed by atoms with E-state index in [1.807, 2.05) is 0 Å². The Labute approximate surface area is 134 Å². The van der Waals surface area contributed by atoms with Gasteiger partial charge in [-0.1, -0.05) is 5.16 Å². The maximum atomic E-state index is 13.4. The number of furan rings is 1. The number of rotatable bonds is 6. The van der Waals surface area contributed by atoms with Crippen LogP contribution >= 0.6 is 0 Å². The van der Waals surface area contributed by atoms with Crippen LogP contribution < -0.4 is 10.1 Å². The monoisotopic (exact) mass is 335 g/mol. The predicted octanol–water partition coefficient (Wildman–Crippen LogP) is 2.30. The highest BCUT2D eigenvalue weighted by Gasteiger charge is 2.12. The highest BCUT2D eigenvalue weighted by Crippen LogP contribution is 2.18. The van der Waals surface area contributed by atoms with Crippen molar-refractivity contribution in [3.63, 3.8) is 0 Å². The van der Waals surface area contributed by atoms with Gasteiger partial charge in [-0.2, -0.15) is 4.98 Å². The van der Waals surface area contributed by atoms with Crippen LogP contribution in [0.2, 0.25) is 0 Å². The third-order valence-electron chi connectivity index (χ3n) is 2.90. The molecule has 1 amide bonds. The first-order valence-electron chi connectivity index (χ1n) is 6.83. The van der Waals surface area contributed by atoms with Crippen molar-refractivity contribution in [3.8, 4) is 17.4 Å². The minimum absolute atomic E-state index is 0.00168. The van der Waals surface area contributed by atoms with Crippen molar-refractivity contribution in [2.24, 2.45) is 0 Å². The lowest BCUT2D eigenvalue weighted by Gasteiger charge is -2.07. The van der Waals surface area contributed by atoms with Gasteiger partial charge in [0.15, 0.2) is 29.8 Å². The molecule has 9 heteroatoms. The molecular weight excluding hydrogens is 324 g/mol. The zero-order valence-electron chi connectivity index (χ0n) is 12.2. The number of benzene rings is 1. The number of nitrogens with one attached hydrogen (secondary N) is 1. The Bertz CT molecular complexity index is 833. The zero-order chi connectivity index (χ0) is 16.9. The van der Waals surface area contributed by atoms with Crippen molar-refractivity contribution in [1.29, 1.82) is 0 Å². The largest absolute Gasteiger partial charge is 0.481 e. The molecule has 1 aromatic carbocycles. The first-order valence-corrected chi connectivity index (χ1v) is 6.83. The van der Waals surface area contributed by atoms with Gasteiger partial charge in [0.1, 0.15) is 5.82 Å². The number of hydrogen-bond donors (Lipinski definition) is 1. The van der Waals surface area contributed by atoms with E-state index < -0.39 is 24.1 Å². The van der Waals surface area contributed by atoms with Crippen LogP contribution in [0.15, 0.2) is 45.5 Å². The molecule has 0 radical (unpaired) electrons. The average molecular weight is 335 g/mol. The Hall–Kier alpha value is -3.23. The summed E-state index contributed by atoms with van der Waals surface area (Å²) < 4.78 is 41.2. The number of carbonyl (C=O) groups excluding carboxylic acids is 1.